The van der Waals surface area contributed by atoms with E-state index in [0.717, 1.165) is 25.3 Å². The van der Waals surface area contributed by atoms with Gasteiger partial charge >= 0.3 is 0 Å². The number of nitrogens with zero attached hydrogens (tertiary/aromatic N) is 3. The molecule has 1 heterocycles. The molecule has 20 heavy (non-hydrogen) atoms. The van der Waals surface area contributed by atoms with E-state index in [1.165, 1.54) is 5.56 Å². The third-order valence-electron chi connectivity index (χ3n) is 3.37. The van der Waals surface area contributed by atoms with Crippen LogP contribution in [0.25, 0.3) is 0 Å². The number of hydrogen-bond donors (Lipinski definition) is 1. The van der Waals surface area contributed by atoms with Gasteiger partial charge in [-0.2, -0.15) is 5.26 Å². The first-order chi connectivity index (χ1) is 9.74. The van der Waals surface area contributed by atoms with Gasteiger partial charge in [-0.25, -0.2) is 4.98 Å². The van der Waals surface area contributed by atoms with E-state index in [4.69, 9.17) is 5.26 Å². The number of aromatic nitrogens is 2. The molecule has 2 aromatic rings. The molecule has 0 aliphatic carbocycles. The maximum Gasteiger partial charge on any atom is 0.122 e. The molecule has 0 spiro atoms. The van der Waals surface area contributed by atoms with Crippen LogP contribution in [0.15, 0.2) is 36.7 Å². The highest BCUT2D eigenvalue weighted by molar-refractivity contribution is 5.32. The minimum atomic E-state index is 0.231. The fourth-order valence-corrected chi connectivity index (χ4v) is 2.16. The number of aryl methyl sites for hydroxylation is 1. The van der Waals surface area contributed by atoms with Crippen LogP contribution in [0.1, 0.15) is 43.3 Å². The van der Waals surface area contributed by atoms with Gasteiger partial charge in [0.05, 0.1) is 18.2 Å². The molecule has 0 fully saturated rings. The van der Waals surface area contributed by atoms with Crippen molar-refractivity contribution in [2.45, 2.75) is 39.4 Å². The first-order valence-corrected chi connectivity index (χ1v) is 6.98. The van der Waals surface area contributed by atoms with Gasteiger partial charge in [0, 0.05) is 25.0 Å². The molecule has 0 radical (unpaired) electrons. The van der Waals surface area contributed by atoms with Gasteiger partial charge < -0.3 is 9.88 Å². The lowest BCUT2D eigenvalue weighted by Crippen LogP contribution is -2.20. The maximum atomic E-state index is 8.80. The first kappa shape index (κ1) is 14.3. The second-order valence-corrected chi connectivity index (χ2v) is 4.87. The van der Waals surface area contributed by atoms with Crippen molar-refractivity contribution in [3.63, 3.8) is 0 Å². The van der Waals surface area contributed by atoms with E-state index in [9.17, 15) is 0 Å². The third kappa shape index (κ3) is 3.46. The summed E-state index contributed by atoms with van der Waals surface area (Å²) in [5.74, 6) is 1.06. The van der Waals surface area contributed by atoms with Crippen LogP contribution in [0.2, 0.25) is 0 Å². The average Bonchev–Trinajstić information content (AvgIpc) is 2.92. The van der Waals surface area contributed by atoms with Crippen LogP contribution in [-0.4, -0.2) is 9.55 Å². The van der Waals surface area contributed by atoms with Crippen molar-refractivity contribution >= 4 is 0 Å². The molecule has 4 nitrogen and oxygen atoms in total. The van der Waals surface area contributed by atoms with E-state index in [1.807, 2.05) is 36.7 Å². The zero-order valence-electron chi connectivity index (χ0n) is 12.0. The molecule has 1 N–H and O–H groups in total. The van der Waals surface area contributed by atoms with Crippen molar-refractivity contribution in [1.82, 2.24) is 14.9 Å². The molecule has 0 aliphatic rings. The first-order valence-electron chi connectivity index (χ1n) is 6.98. The molecule has 0 saturated heterocycles. The second-order valence-electron chi connectivity index (χ2n) is 4.87. The monoisotopic (exact) mass is 268 g/mol. The molecule has 1 atom stereocenters. The van der Waals surface area contributed by atoms with Crippen LogP contribution in [0.3, 0.4) is 0 Å². The third-order valence-corrected chi connectivity index (χ3v) is 3.37. The van der Waals surface area contributed by atoms with Gasteiger partial charge in [0.25, 0.3) is 0 Å². The summed E-state index contributed by atoms with van der Waals surface area (Å²) in [6.07, 6.45) is 4.97. The number of rotatable bonds is 6. The standard InChI is InChI=1S/C16H20N4/c1-3-9-20-10-8-18-16(20)12-19-13(2)15-6-4-14(11-17)5-7-15/h4-8,10,13,19H,3,9,12H2,1-2H3. The molecule has 0 saturated carbocycles. The van der Waals surface area contributed by atoms with Crippen LogP contribution in [0.4, 0.5) is 0 Å². The molecule has 2 rings (SSSR count). The summed E-state index contributed by atoms with van der Waals surface area (Å²) in [6, 6.07) is 10.1. The Labute approximate surface area is 120 Å². The highest BCUT2D eigenvalue weighted by Crippen LogP contribution is 2.13. The lowest BCUT2D eigenvalue weighted by atomic mass is 10.1. The quantitative estimate of drug-likeness (QED) is 0.876. The largest absolute Gasteiger partial charge is 0.334 e. The van der Waals surface area contributed by atoms with Crippen LogP contribution >= 0.6 is 0 Å². The highest BCUT2D eigenvalue weighted by Gasteiger charge is 2.07. The number of nitriles is 1. The molecule has 0 aliphatic heterocycles. The van der Waals surface area contributed by atoms with Crippen molar-refractivity contribution < 1.29 is 0 Å². The van der Waals surface area contributed by atoms with Crippen molar-refractivity contribution in [3.8, 4) is 6.07 Å². The number of nitrogens with one attached hydrogen (secondary N) is 1. The predicted molar refractivity (Wildman–Crippen MR) is 78.9 cm³/mol. The molecule has 4 heteroatoms. The summed E-state index contributed by atoms with van der Waals surface area (Å²) in [5.41, 5.74) is 1.87. The van der Waals surface area contributed by atoms with E-state index in [0.29, 0.717) is 5.56 Å². The lowest BCUT2D eigenvalue weighted by molar-refractivity contribution is 0.532. The zero-order valence-corrected chi connectivity index (χ0v) is 12.0. The minimum absolute atomic E-state index is 0.231. The van der Waals surface area contributed by atoms with E-state index in [2.05, 4.69) is 34.8 Å². The van der Waals surface area contributed by atoms with Crippen LogP contribution in [0.5, 0.6) is 0 Å². The molecule has 104 valence electrons. The van der Waals surface area contributed by atoms with Gasteiger partial charge in [0.2, 0.25) is 0 Å². The Bertz CT molecular complexity index is 577. The summed E-state index contributed by atoms with van der Waals surface area (Å²) in [7, 11) is 0. The Morgan fingerprint density at radius 3 is 2.75 bits per heavy atom. The van der Waals surface area contributed by atoms with Gasteiger partial charge in [-0.1, -0.05) is 19.1 Å². The normalized spacial score (nSPS) is 12.1. The Morgan fingerprint density at radius 2 is 2.10 bits per heavy atom. The Balaban J connectivity index is 1.95. The van der Waals surface area contributed by atoms with Crippen LogP contribution < -0.4 is 5.32 Å². The number of benzene rings is 1. The van der Waals surface area contributed by atoms with Gasteiger partial charge in [-0.3, -0.25) is 0 Å². The summed E-state index contributed by atoms with van der Waals surface area (Å²) in [5, 5.41) is 12.3. The van der Waals surface area contributed by atoms with Crippen molar-refractivity contribution in [2.24, 2.45) is 0 Å². The molecule has 0 bridgehead atoms. The van der Waals surface area contributed by atoms with E-state index < -0.39 is 0 Å². The van der Waals surface area contributed by atoms with Gasteiger partial charge in [0.1, 0.15) is 5.82 Å². The fourth-order valence-electron chi connectivity index (χ4n) is 2.16. The molecule has 0 amide bonds. The SMILES string of the molecule is CCCn1ccnc1CNC(C)c1ccc(C#N)cc1. The zero-order chi connectivity index (χ0) is 14.4. The van der Waals surface area contributed by atoms with Crippen molar-refractivity contribution in [2.75, 3.05) is 0 Å². The summed E-state index contributed by atoms with van der Waals surface area (Å²) in [4.78, 5) is 4.39. The van der Waals surface area contributed by atoms with Gasteiger partial charge in [-0.05, 0) is 31.0 Å². The number of hydrogen-bond acceptors (Lipinski definition) is 3. The smallest absolute Gasteiger partial charge is 0.122 e. The predicted octanol–water partition coefficient (Wildman–Crippen LogP) is 3.02. The Kier molecular flexibility index (Phi) is 4.91. The minimum Gasteiger partial charge on any atom is -0.334 e. The molecule has 1 unspecified atom stereocenters. The molecular weight excluding hydrogens is 248 g/mol. The molecule has 1 aromatic heterocycles. The fraction of sp³-hybridized carbons (Fsp3) is 0.375. The molecule has 1 aromatic carbocycles. The van der Waals surface area contributed by atoms with Crippen molar-refractivity contribution in [1.29, 1.82) is 5.26 Å². The van der Waals surface area contributed by atoms with Crippen LogP contribution in [0, 0.1) is 11.3 Å². The maximum absolute atomic E-state index is 8.80. The Hall–Kier alpha value is -2.12. The highest BCUT2D eigenvalue weighted by atomic mass is 15.1. The van der Waals surface area contributed by atoms with Gasteiger partial charge in [0.15, 0.2) is 0 Å². The van der Waals surface area contributed by atoms with E-state index in [-0.39, 0.29) is 6.04 Å². The van der Waals surface area contributed by atoms with Crippen molar-refractivity contribution in [3.05, 3.63) is 53.6 Å². The summed E-state index contributed by atoms with van der Waals surface area (Å²) in [6.45, 7) is 6.03. The topological polar surface area (TPSA) is 53.6 Å². The molecular formula is C16H20N4. The van der Waals surface area contributed by atoms with Crippen LogP contribution in [-0.2, 0) is 13.1 Å². The second kappa shape index (κ2) is 6.88. The average molecular weight is 268 g/mol. The Morgan fingerprint density at radius 1 is 1.35 bits per heavy atom. The van der Waals surface area contributed by atoms with Gasteiger partial charge in [-0.15, -0.1) is 0 Å². The van der Waals surface area contributed by atoms with E-state index >= 15 is 0 Å². The number of imidazole rings is 1. The van der Waals surface area contributed by atoms with E-state index in [1.54, 1.807) is 0 Å². The summed E-state index contributed by atoms with van der Waals surface area (Å²) >= 11 is 0. The summed E-state index contributed by atoms with van der Waals surface area (Å²) < 4.78 is 2.18. The lowest BCUT2D eigenvalue weighted by Gasteiger charge is -2.15.